The molecule has 5 rings (SSSR count). The Labute approximate surface area is 197 Å². The van der Waals surface area contributed by atoms with E-state index >= 15 is 0 Å². The predicted molar refractivity (Wildman–Crippen MR) is 130 cm³/mol. The zero-order chi connectivity index (χ0) is 23.0. The van der Waals surface area contributed by atoms with Crippen molar-refractivity contribution in [3.8, 4) is 5.75 Å². The second kappa shape index (κ2) is 8.67. The Bertz CT molecular complexity index is 1230. The number of fused-ring (bicyclic) bond motifs is 2. The van der Waals surface area contributed by atoms with E-state index in [9.17, 15) is 14.3 Å². The van der Waals surface area contributed by atoms with Gasteiger partial charge in [-0.05, 0) is 81.1 Å². The van der Waals surface area contributed by atoms with Crippen LogP contribution in [0, 0.1) is 0 Å². The minimum atomic E-state index is -1.13. The summed E-state index contributed by atoms with van der Waals surface area (Å²) in [6.45, 7) is 1.64. The molecule has 1 aliphatic carbocycles. The Morgan fingerprint density at radius 2 is 1.79 bits per heavy atom. The van der Waals surface area contributed by atoms with Gasteiger partial charge >= 0.3 is 0 Å². The molecule has 3 aromatic carbocycles. The number of aliphatic imine (C=N–C) groups is 1. The van der Waals surface area contributed by atoms with Gasteiger partial charge in [0.2, 0.25) is 0 Å². The van der Waals surface area contributed by atoms with Gasteiger partial charge in [0.1, 0.15) is 11.4 Å². The molecule has 0 saturated heterocycles. The molecule has 0 spiro atoms. The largest absolute Gasteiger partial charge is 0.508 e. The lowest BCUT2D eigenvalue weighted by Gasteiger charge is -2.31. The Hall–Kier alpha value is -3.12. The molecular formula is C27H25FN2O2S. The van der Waals surface area contributed by atoms with Crippen LogP contribution in [0.2, 0.25) is 0 Å². The van der Waals surface area contributed by atoms with E-state index in [4.69, 9.17) is 4.99 Å². The van der Waals surface area contributed by atoms with Crippen LogP contribution in [0.3, 0.4) is 0 Å². The summed E-state index contributed by atoms with van der Waals surface area (Å²) < 4.78 is 14.1. The molecule has 1 amide bonds. The van der Waals surface area contributed by atoms with Crippen LogP contribution in [-0.4, -0.2) is 28.4 Å². The average molecular weight is 461 g/mol. The number of nitrogens with one attached hydrogen (secondary N) is 1. The molecule has 2 aliphatic rings. The zero-order valence-corrected chi connectivity index (χ0v) is 19.2. The monoisotopic (exact) mass is 460 g/mol. The van der Waals surface area contributed by atoms with Crippen LogP contribution in [0.1, 0.15) is 54.1 Å². The molecular weight excluding hydrogens is 435 g/mol. The molecule has 168 valence electrons. The molecule has 6 heteroatoms. The van der Waals surface area contributed by atoms with Gasteiger partial charge in [-0.1, -0.05) is 30.0 Å². The van der Waals surface area contributed by atoms with Crippen LogP contribution in [-0.2, 0) is 0 Å². The van der Waals surface area contributed by atoms with Gasteiger partial charge in [-0.3, -0.25) is 4.79 Å². The van der Waals surface area contributed by atoms with E-state index in [-0.39, 0.29) is 17.7 Å². The van der Waals surface area contributed by atoms with Gasteiger partial charge in [0, 0.05) is 32.5 Å². The molecule has 0 atom stereocenters. The molecule has 0 radical (unpaired) electrons. The maximum Gasteiger partial charge on any atom is 0.251 e. The number of hydrogen-bond acceptors (Lipinski definition) is 4. The summed E-state index contributed by atoms with van der Waals surface area (Å²) in [6.07, 6.45) is 2.24. The van der Waals surface area contributed by atoms with Gasteiger partial charge < -0.3 is 10.4 Å². The van der Waals surface area contributed by atoms with Crippen LogP contribution < -0.4 is 5.32 Å². The van der Waals surface area contributed by atoms with Crippen LogP contribution in [0.4, 0.5) is 10.1 Å². The van der Waals surface area contributed by atoms with Crippen LogP contribution >= 0.6 is 11.8 Å². The van der Waals surface area contributed by atoms with E-state index in [1.807, 2.05) is 48.5 Å². The first-order valence-electron chi connectivity index (χ1n) is 11.2. The highest BCUT2D eigenvalue weighted by molar-refractivity contribution is 7.99. The second-order valence-electron chi connectivity index (χ2n) is 8.95. The Morgan fingerprint density at radius 1 is 1.06 bits per heavy atom. The van der Waals surface area contributed by atoms with Crippen molar-refractivity contribution in [3.05, 3.63) is 83.4 Å². The number of phenols is 1. The third-order valence-corrected chi connectivity index (χ3v) is 7.46. The molecule has 33 heavy (non-hydrogen) atoms. The zero-order valence-electron chi connectivity index (χ0n) is 18.3. The minimum Gasteiger partial charge on any atom is -0.508 e. The van der Waals surface area contributed by atoms with Crippen molar-refractivity contribution < 1.29 is 14.3 Å². The molecule has 1 heterocycles. The SMILES string of the molecule is CC1(F)CCC(NC(=O)c2ccc3c(c2)N=C(c2ccc(O)cc2)c2ccccc2S3)CC1. The smallest absolute Gasteiger partial charge is 0.251 e. The van der Waals surface area contributed by atoms with Crippen LogP contribution in [0.5, 0.6) is 5.75 Å². The lowest BCUT2D eigenvalue weighted by atomic mass is 9.85. The van der Waals surface area contributed by atoms with Crippen molar-refractivity contribution in [3.63, 3.8) is 0 Å². The highest BCUT2D eigenvalue weighted by Crippen LogP contribution is 2.41. The predicted octanol–water partition coefficient (Wildman–Crippen LogP) is 6.43. The van der Waals surface area contributed by atoms with E-state index in [1.54, 1.807) is 30.8 Å². The van der Waals surface area contributed by atoms with Crippen LogP contribution in [0.15, 0.2) is 81.5 Å². The third-order valence-electron chi connectivity index (χ3n) is 6.32. The molecule has 1 aliphatic heterocycles. The topological polar surface area (TPSA) is 61.7 Å². The highest BCUT2D eigenvalue weighted by Gasteiger charge is 2.31. The molecule has 0 unspecified atom stereocenters. The third kappa shape index (κ3) is 4.67. The minimum absolute atomic E-state index is 0.00479. The van der Waals surface area contributed by atoms with E-state index in [1.165, 1.54) is 0 Å². The quantitative estimate of drug-likeness (QED) is 0.370. The summed E-state index contributed by atoms with van der Waals surface area (Å²) in [4.78, 5) is 20.0. The van der Waals surface area contributed by atoms with E-state index in [2.05, 4.69) is 11.4 Å². The number of amides is 1. The number of rotatable bonds is 3. The molecule has 3 aromatic rings. The Morgan fingerprint density at radius 3 is 2.55 bits per heavy atom. The van der Waals surface area contributed by atoms with Crippen molar-refractivity contribution in [2.45, 2.75) is 54.1 Å². The maximum absolute atomic E-state index is 14.1. The summed E-state index contributed by atoms with van der Waals surface area (Å²) in [5.41, 5.74) is 2.84. The van der Waals surface area contributed by atoms with Crippen molar-refractivity contribution in [2.75, 3.05) is 0 Å². The van der Waals surface area contributed by atoms with Gasteiger partial charge in [-0.25, -0.2) is 9.38 Å². The first kappa shape index (κ1) is 21.7. The average Bonchev–Trinajstić information content (AvgIpc) is 2.97. The van der Waals surface area contributed by atoms with Gasteiger partial charge in [0.25, 0.3) is 5.91 Å². The molecule has 4 nitrogen and oxygen atoms in total. The first-order valence-corrected chi connectivity index (χ1v) is 12.0. The van der Waals surface area contributed by atoms with Crippen molar-refractivity contribution >= 4 is 29.1 Å². The van der Waals surface area contributed by atoms with Crippen LogP contribution in [0.25, 0.3) is 0 Å². The van der Waals surface area contributed by atoms with Gasteiger partial charge in [-0.15, -0.1) is 0 Å². The number of benzene rings is 3. The van der Waals surface area contributed by atoms with Crippen molar-refractivity contribution in [2.24, 2.45) is 4.99 Å². The summed E-state index contributed by atoms with van der Waals surface area (Å²) in [6, 6.07) is 20.7. The lowest BCUT2D eigenvalue weighted by Crippen LogP contribution is -2.40. The molecule has 1 saturated carbocycles. The fourth-order valence-corrected chi connectivity index (χ4v) is 5.36. The summed E-state index contributed by atoms with van der Waals surface area (Å²) in [7, 11) is 0. The molecule has 1 fully saturated rings. The fourth-order valence-electron chi connectivity index (χ4n) is 4.35. The normalized spacial score (nSPS) is 21.9. The fraction of sp³-hybridized carbons (Fsp3) is 0.259. The van der Waals surface area contributed by atoms with E-state index < -0.39 is 5.67 Å². The number of hydrogen-bond donors (Lipinski definition) is 2. The number of nitrogens with zero attached hydrogens (tertiary/aromatic N) is 1. The van der Waals surface area contributed by atoms with E-state index in [0.717, 1.165) is 32.3 Å². The number of alkyl halides is 1. The molecule has 0 bridgehead atoms. The molecule has 2 N–H and O–H groups in total. The molecule has 0 aromatic heterocycles. The number of phenolic OH excluding ortho intramolecular Hbond substituents is 1. The van der Waals surface area contributed by atoms with E-state index in [0.29, 0.717) is 31.2 Å². The first-order chi connectivity index (χ1) is 15.9. The number of carbonyl (C=O) groups excluding carboxylic acids is 1. The standard InChI is InChI=1S/C27H25FN2O2S/c1-27(28)14-12-19(13-15-27)29-26(32)18-8-11-24-22(16-18)30-25(17-6-9-20(31)10-7-17)21-4-2-3-5-23(21)33-24/h2-11,16,19,31H,12-15H2,1H3,(H,29,32). The Kier molecular flexibility index (Phi) is 5.71. The van der Waals surface area contributed by atoms with Gasteiger partial charge in [0.05, 0.1) is 11.4 Å². The summed E-state index contributed by atoms with van der Waals surface area (Å²) >= 11 is 1.62. The maximum atomic E-state index is 14.1. The number of carbonyl (C=O) groups is 1. The van der Waals surface area contributed by atoms with Gasteiger partial charge in [-0.2, -0.15) is 0 Å². The second-order valence-corrected chi connectivity index (χ2v) is 10.0. The Balaban J connectivity index is 1.48. The summed E-state index contributed by atoms with van der Waals surface area (Å²) in [5, 5.41) is 12.8. The number of halogens is 1. The summed E-state index contributed by atoms with van der Waals surface area (Å²) in [5.74, 6) is 0.0455. The lowest BCUT2D eigenvalue weighted by molar-refractivity contribution is 0.0850. The van der Waals surface area contributed by atoms with Crippen molar-refractivity contribution in [1.29, 1.82) is 0 Å². The van der Waals surface area contributed by atoms with Crippen molar-refractivity contribution in [1.82, 2.24) is 5.32 Å². The number of aromatic hydroxyl groups is 1. The van der Waals surface area contributed by atoms with Gasteiger partial charge in [0.15, 0.2) is 0 Å². The highest BCUT2D eigenvalue weighted by atomic mass is 32.2.